The highest BCUT2D eigenvalue weighted by Crippen LogP contribution is 2.21. The Morgan fingerprint density at radius 1 is 1.27 bits per heavy atom. The Hall–Kier alpha value is -2.17. The van der Waals surface area contributed by atoms with Gasteiger partial charge in [0.1, 0.15) is 0 Å². The molecule has 2 heterocycles. The lowest BCUT2D eigenvalue weighted by Gasteiger charge is -2.30. The van der Waals surface area contributed by atoms with Gasteiger partial charge in [0.2, 0.25) is 17.6 Å². The zero-order chi connectivity index (χ0) is 15.5. The van der Waals surface area contributed by atoms with E-state index in [1.165, 1.54) is 5.56 Å². The van der Waals surface area contributed by atoms with Crippen molar-refractivity contribution in [3.05, 3.63) is 35.7 Å². The zero-order valence-corrected chi connectivity index (χ0v) is 13.1. The van der Waals surface area contributed by atoms with Crippen LogP contribution in [0.25, 0.3) is 11.4 Å². The maximum Gasteiger partial charge on any atom is 0.227 e. The van der Waals surface area contributed by atoms with E-state index in [4.69, 9.17) is 4.52 Å². The van der Waals surface area contributed by atoms with Gasteiger partial charge in [-0.25, -0.2) is 0 Å². The van der Waals surface area contributed by atoms with Gasteiger partial charge < -0.3 is 9.42 Å². The van der Waals surface area contributed by atoms with Crippen LogP contribution in [0.5, 0.6) is 0 Å². The Bertz CT molecular complexity index is 642. The van der Waals surface area contributed by atoms with Crippen molar-refractivity contribution in [1.29, 1.82) is 0 Å². The molecule has 5 heteroatoms. The maximum atomic E-state index is 11.8. The molecule has 0 unspecified atom stereocenters. The molecule has 5 nitrogen and oxygen atoms in total. The van der Waals surface area contributed by atoms with Crippen molar-refractivity contribution in [1.82, 2.24) is 15.0 Å². The number of aromatic nitrogens is 2. The van der Waals surface area contributed by atoms with Crippen LogP contribution >= 0.6 is 0 Å². The number of hydrogen-bond donors (Lipinski definition) is 0. The van der Waals surface area contributed by atoms with Gasteiger partial charge in [0, 0.05) is 31.5 Å². The van der Waals surface area contributed by atoms with Crippen LogP contribution in [0, 0.1) is 0 Å². The number of nitrogens with zero attached hydrogens (tertiary/aromatic N) is 3. The third-order valence-corrected chi connectivity index (χ3v) is 4.07. The fourth-order valence-electron chi connectivity index (χ4n) is 2.43. The molecule has 1 aromatic carbocycles. The minimum atomic E-state index is 0.173. The molecule has 0 atom stereocenters. The second-order valence-electron chi connectivity index (χ2n) is 6.02. The molecule has 0 radical (unpaired) electrons. The summed E-state index contributed by atoms with van der Waals surface area (Å²) in [5.74, 6) is 1.79. The van der Waals surface area contributed by atoms with Gasteiger partial charge >= 0.3 is 0 Å². The number of hydrogen-bond acceptors (Lipinski definition) is 4. The highest BCUT2D eigenvalue weighted by Gasteiger charge is 2.20. The highest BCUT2D eigenvalue weighted by molar-refractivity contribution is 5.77. The Morgan fingerprint density at radius 3 is 2.59 bits per heavy atom. The Kier molecular flexibility index (Phi) is 4.22. The molecule has 0 N–H and O–H groups in total. The first-order valence-corrected chi connectivity index (χ1v) is 7.84. The molecule has 1 aliphatic rings. The smallest absolute Gasteiger partial charge is 0.227 e. The quantitative estimate of drug-likeness (QED) is 0.851. The Morgan fingerprint density at radius 2 is 2.00 bits per heavy atom. The molecule has 2 aromatic rings. The van der Waals surface area contributed by atoms with Crippen LogP contribution in [0.15, 0.2) is 28.8 Å². The molecule has 0 saturated carbocycles. The van der Waals surface area contributed by atoms with Crippen LogP contribution in [-0.4, -0.2) is 34.0 Å². The molecule has 0 bridgehead atoms. The van der Waals surface area contributed by atoms with Crippen molar-refractivity contribution < 1.29 is 9.32 Å². The number of carbonyl (C=O) groups is 1. The monoisotopic (exact) mass is 299 g/mol. The summed E-state index contributed by atoms with van der Waals surface area (Å²) in [6.07, 6.45) is 2.06. The first-order valence-electron chi connectivity index (χ1n) is 7.84. The minimum absolute atomic E-state index is 0.173. The van der Waals surface area contributed by atoms with Gasteiger partial charge in [0.25, 0.3) is 0 Å². The van der Waals surface area contributed by atoms with Crippen molar-refractivity contribution >= 4 is 5.91 Å². The number of likely N-dealkylation sites (tertiary alicyclic amines) is 1. The van der Waals surface area contributed by atoms with E-state index in [0.717, 1.165) is 25.1 Å². The topological polar surface area (TPSA) is 59.2 Å². The average Bonchev–Trinajstić information content (AvgIpc) is 2.92. The SMILES string of the molecule is CC(C)c1ccc(-c2noc(CCC(=O)N3CCC3)n2)cc1. The van der Waals surface area contributed by atoms with Gasteiger partial charge in [-0.05, 0) is 17.9 Å². The highest BCUT2D eigenvalue weighted by atomic mass is 16.5. The first kappa shape index (κ1) is 14.8. The summed E-state index contributed by atoms with van der Waals surface area (Å²) in [6.45, 7) is 6.10. The van der Waals surface area contributed by atoms with Gasteiger partial charge in [0.15, 0.2) is 0 Å². The lowest BCUT2D eigenvalue weighted by atomic mass is 10.0. The van der Waals surface area contributed by atoms with Crippen LogP contribution in [-0.2, 0) is 11.2 Å². The molecule has 3 rings (SSSR count). The molecule has 1 saturated heterocycles. The zero-order valence-electron chi connectivity index (χ0n) is 13.1. The molecule has 116 valence electrons. The largest absolute Gasteiger partial charge is 0.343 e. The van der Waals surface area contributed by atoms with E-state index < -0.39 is 0 Å². The van der Waals surface area contributed by atoms with Gasteiger partial charge in [-0.2, -0.15) is 4.98 Å². The second kappa shape index (κ2) is 6.30. The molecule has 1 aromatic heterocycles. The lowest BCUT2D eigenvalue weighted by Crippen LogP contribution is -2.42. The predicted octanol–water partition coefficient (Wildman–Crippen LogP) is 3.02. The summed E-state index contributed by atoms with van der Waals surface area (Å²) in [5, 5.41) is 4.01. The second-order valence-corrected chi connectivity index (χ2v) is 6.02. The Labute approximate surface area is 130 Å². The van der Waals surface area contributed by atoms with Gasteiger partial charge in [-0.1, -0.05) is 43.3 Å². The van der Waals surface area contributed by atoms with Crippen molar-refractivity contribution in [2.24, 2.45) is 0 Å². The van der Waals surface area contributed by atoms with E-state index in [-0.39, 0.29) is 5.91 Å². The van der Waals surface area contributed by atoms with E-state index >= 15 is 0 Å². The fourth-order valence-corrected chi connectivity index (χ4v) is 2.43. The van der Waals surface area contributed by atoms with E-state index in [1.54, 1.807) is 0 Å². The number of aryl methyl sites for hydroxylation is 1. The van der Waals surface area contributed by atoms with Crippen LogP contribution in [0.1, 0.15) is 44.1 Å². The van der Waals surface area contributed by atoms with Crippen LogP contribution < -0.4 is 0 Å². The number of carbonyl (C=O) groups excluding carboxylic acids is 1. The van der Waals surface area contributed by atoms with Crippen LogP contribution in [0.3, 0.4) is 0 Å². The van der Waals surface area contributed by atoms with Gasteiger partial charge in [0.05, 0.1) is 0 Å². The van der Waals surface area contributed by atoms with Crippen molar-refractivity contribution in [3.8, 4) is 11.4 Å². The van der Waals surface area contributed by atoms with Crippen LogP contribution in [0.2, 0.25) is 0 Å². The first-order chi connectivity index (χ1) is 10.6. The molecular formula is C17H21N3O2. The van der Waals surface area contributed by atoms with Crippen molar-refractivity contribution in [2.45, 2.75) is 39.0 Å². The summed E-state index contributed by atoms with van der Waals surface area (Å²) >= 11 is 0. The molecule has 1 amide bonds. The average molecular weight is 299 g/mol. The third-order valence-electron chi connectivity index (χ3n) is 4.07. The van der Waals surface area contributed by atoms with E-state index in [2.05, 4.69) is 36.1 Å². The molecular weight excluding hydrogens is 278 g/mol. The van der Waals surface area contributed by atoms with Crippen molar-refractivity contribution in [3.63, 3.8) is 0 Å². The normalized spacial score (nSPS) is 14.2. The third kappa shape index (κ3) is 3.18. The summed E-state index contributed by atoms with van der Waals surface area (Å²) in [6, 6.07) is 8.19. The molecule has 1 fully saturated rings. The molecule has 22 heavy (non-hydrogen) atoms. The number of amides is 1. The molecule has 1 aliphatic heterocycles. The predicted molar refractivity (Wildman–Crippen MR) is 83.3 cm³/mol. The fraction of sp³-hybridized carbons (Fsp3) is 0.471. The number of benzene rings is 1. The maximum absolute atomic E-state index is 11.8. The molecule has 0 aliphatic carbocycles. The minimum Gasteiger partial charge on any atom is -0.343 e. The standard InChI is InChI=1S/C17H21N3O2/c1-12(2)13-4-6-14(7-5-13)17-18-15(22-19-17)8-9-16(21)20-10-3-11-20/h4-7,12H,3,8-11H2,1-2H3. The Balaban J connectivity index is 1.61. The van der Waals surface area contributed by atoms with Gasteiger partial charge in [-0.15, -0.1) is 0 Å². The van der Waals surface area contributed by atoms with E-state index in [9.17, 15) is 4.79 Å². The summed E-state index contributed by atoms with van der Waals surface area (Å²) in [5.41, 5.74) is 2.22. The summed E-state index contributed by atoms with van der Waals surface area (Å²) in [4.78, 5) is 18.1. The summed E-state index contributed by atoms with van der Waals surface area (Å²) in [7, 11) is 0. The lowest BCUT2D eigenvalue weighted by molar-refractivity contribution is -0.134. The summed E-state index contributed by atoms with van der Waals surface area (Å²) < 4.78 is 5.25. The number of rotatable bonds is 5. The molecule has 0 spiro atoms. The van der Waals surface area contributed by atoms with E-state index in [1.807, 2.05) is 17.0 Å². The van der Waals surface area contributed by atoms with Crippen LogP contribution in [0.4, 0.5) is 0 Å². The van der Waals surface area contributed by atoms with E-state index in [0.29, 0.717) is 30.5 Å². The van der Waals surface area contributed by atoms with Crippen molar-refractivity contribution in [2.75, 3.05) is 13.1 Å². The van der Waals surface area contributed by atoms with Gasteiger partial charge in [-0.3, -0.25) is 4.79 Å².